The topological polar surface area (TPSA) is 86.1 Å². The minimum absolute atomic E-state index is 0.158. The summed E-state index contributed by atoms with van der Waals surface area (Å²) < 4.78 is 7.92. The van der Waals surface area contributed by atoms with Gasteiger partial charge in [0.25, 0.3) is 5.91 Å². The molecule has 8 heteroatoms. The number of anilines is 1. The number of aryl methyl sites for hydroxylation is 2. The normalized spacial score (nSPS) is 11.1. The maximum absolute atomic E-state index is 12.8. The van der Waals surface area contributed by atoms with E-state index < -0.39 is 11.3 Å². The zero-order chi connectivity index (χ0) is 19.8. The molecule has 28 heavy (non-hydrogen) atoms. The summed E-state index contributed by atoms with van der Waals surface area (Å²) in [6.07, 6.45) is 0. The average molecular weight is 394 g/mol. The number of fused-ring (bicyclic) bond motifs is 2. The molecule has 0 saturated carbocycles. The lowest BCUT2D eigenvalue weighted by atomic mass is 10.1. The van der Waals surface area contributed by atoms with E-state index in [4.69, 9.17) is 4.74 Å². The quantitative estimate of drug-likeness (QED) is 0.572. The number of carbonyl (C=O) groups is 1. The molecule has 0 aliphatic heterocycles. The van der Waals surface area contributed by atoms with Crippen molar-refractivity contribution in [1.82, 2.24) is 14.8 Å². The Hall–Kier alpha value is -3.26. The number of nitrogens with zero attached hydrogens (tertiary/aromatic N) is 3. The van der Waals surface area contributed by atoms with E-state index in [1.54, 1.807) is 13.1 Å². The smallest absolute Gasteiger partial charge is 0.281 e. The summed E-state index contributed by atoms with van der Waals surface area (Å²) in [5.74, 6) is 0.171. The second kappa shape index (κ2) is 7.05. The fraction of sp³-hybridized carbons (Fsp3) is 0.200. The van der Waals surface area contributed by atoms with Crippen LogP contribution in [-0.2, 0) is 7.05 Å². The van der Waals surface area contributed by atoms with Gasteiger partial charge in [0.15, 0.2) is 10.8 Å². The minimum atomic E-state index is -0.576. The maximum atomic E-state index is 12.8. The Balaban J connectivity index is 1.69. The van der Waals surface area contributed by atoms with Crippen molar-refractivity contribution in [1.29, 1.82) is 0 Å². The first-order valence-corrected chi connectivity index (χ1v) is 9.60. The van der Waals surface area contributed by atoms with Crippen LogP contribution in [0.1, 0.15) is 23.0 Å². The average Bonchev–Trinajstić information content (AvgIpc) is 3.06. The molecule has 2 aromatic carbocycles. The molecule has 7 nitrogen and oxygen atoms in total. The molecule has 0 atom stereocenters. The van der Waals surface area contributed by atoms with Crippen molar-refractivity contribution in [3.63, 3.8) is 0 Å². The van der Waals surface area contributed by atoms with Crippen molar-refractivity contribution in [2.24, 2.45) is 7.05 Å². The van der Waals surface area contributed by atoms with Gasteiger partial charge in [-0.25, -0.2) is 4.98 Å². The summed E-state index contributed by atoms with van der Waals surface area (Å²) >= 11 is 1.32. The predicted molar refractivity (Wildman–Crippen MR) is 110 cm³/mol. The third-order valence-corrected chi connectivity index (χ3v) is 5.25. The zero-order valence-corrected chi connectivity index (χ0v) is 16.5. The van der Waals surface area contributed by atoms with E-state index in [0.717, 1.165) is 21.5 Å². The van der Waals surface area contributed by atoms with Crippen molar-refractivity contribution >= 4 is 43.5 Å². The van der Waals surface area contributed by atoms with Gasteiger partial charge in [-0.2, -0.15) is 5.10 Å². The molecule has 0 spiro atoms. The molecule has 1 N–H and O–H groups in total. The lowest BCUT2D eigenvalue weighted by Crippen LogP contribution is -2.26. The highest BCUT2D eigenvalue weighted by atomic mass is 32.1. The fourth-order valence-electron chi connectivity index (χ4n) is 3.01. The second-order valence-electron chi connectivity index (χ2n) is 6.36. The van der Waals surface area contributed by atoms with E-state index in [0.29, 0.717) is 22.6 Å². The third-order valence-electron chi connectivity index (χ3n) is 4.32. The fourth-order valence-corrected chi connectivity index (χ4v) is 3.90. The maximum Gasteiger partial charge on any atom is 0.281 e. The summed E-state index contributed by atoms with van der Waals surface area (Å²) in [5, 5.41) is 7.74. The van der Waals surface area contributed by atoms with Crippen molar-refractivity contribution in [2.75, 3.05) is 11.9 Å². The Morgan fingerprint density at radius 2 is 2.07 bits per heavy atom. The Labute approximate surface area is 164 Å². The molecular weight excluding hydrogens is 376 g/mol. The molecule has 2 heterocycles. The van der Waals surface area contributed by atoms with Gasteiger partial charge in [0.1, 0.15) is 5.75 Å². The van der Waals surface area contributed by atoms with Crippen LogP contribution in [0.4, 0.5) is 5.13 Å². The van der Waals surface area contributed by atoms with Crippen LogP contribution in [-0.4, -0.2) is 27.3 Å². The van der Waals surface area contributed by atoms with Crippen LogP contribution in [0.3, 0.4) is 0 Å². The lowest BCUT2D eigenvalue weighted by molar-refractivity contribution is 0.101. The van der Waals surface area contributed by atoms with Crippen molar-refractivity contribution in [2.45, 2.75) is 13.8 Å². The number of hydrogen-bond donors (Lipinski definition) is 1. The number of aromatic nitrogens is 3. The summed E-state index contributed by atoms with van der Waals surface area (Å²) in [4.78, 5) is 29.9. The zero-order valence-electron chi connectivity index (χ0n) is 15.6. The van der Waals surface area contributed by atoms with Gasteiger partial charge in [-0.15, -0.1) is 0 Å². The summed E-state index contributed by atoms with van der Waals surface area (Å²) in [6, 6.07) is 11.0. The molecule has 0 bridgehead atoms. The summed E-state index contributed by atoms with van der Waals surface area (Å²) in [7, 11) is 1.71. The van der Waals surface area contributed by atoms with Crippen molar-refractivity contribution in [3.8, 4) is 5.75 Å². The number of thiazole rings is 1. The predicted octanol–water partition coefficient (Wildman–Crippen LogP) is 3.50. The van der Waals surface area contributed by atoms with Gasteiger partial charge in [-0.3, -0.25) is 19.6 Å². The number of hydrogen-bond acceptors (Lipinski definition) is 6. The molecule has 0 aliphatic carbocycles. The second-order valence-corrected chi connectivity index (χ2v) is 7.39. The van der Waals surface area contributed by atoms with E-state index in [-0.39, 0.29) is 5.69 Å². The van der Waals surface area contributed by atoms with Crippen LogP contribution in [0, 0.1) is 6.92 Å². The summed E-state index contributed by atoms with van der Waals surface area (Å²) in [5.41, 5.74) is 1.82. The third kappa shape index (κ3) is 3.22. The number of carbonyl (C=O) groups excluding carboxylic acids is 1. The Morgan fingerprint density at radius 1 is 1.25 bits per heavy atom. The van der Waals surface area contributed by atoms with Crippen LogP contribution in [0.2, 0.25) is 0 Å². The number of rotatable bonds is 4. The molecule has 0 unspecified atom stereocenters. The molecule has 1 amide bonds. The number of amides is 1. The molecule has 0 radical (unpaired) electrons. The molecule has 142 valence electrons. The van der Waals surface area contributed by atoms with Crippen molar-refractivity contribution in [3.05, 3.63) is 57.9 Å². The van der Waals surface area contributed by atoms with E-state index in [2.05, 4.69) is 15.4 Å². The molecule has 0 fully saturated rings. The van der Waals surface area contributed by atoms with Gasteiger partial charge < -0.3 is 4.74 Å². The number of ether oxygens (including phenoxy) is 1. The van der Waals surface area contributed by atoms with Gasteiger partial charge in [-0.05, 0) is 44.2 Å². The molecule has 0 aliphatic rings. The highest BCUT2D eigenvalue weighted by Gasteiger charge is 2.18. The van der Waals surface area contributed by atoms with Gasteiger partial charge in [0, 0.05) is 7.05 Å². The van der Waals surface area contributed by atoms with Gasteiger partial charge in [0.05, 0.1) is 27.7 Å². The first kappa shape index (κ1) is 18.1. The number of nitrogens with one attached hydrogen (secondary N) is 1. The summed E-state index contributed by atoms with van der Waals surface area (Å²) in [6.45, 7) is 4.39. The van der Waals surface area contributed by atoms with Gasteiger partial charge in [0.2, 0.25) is 5.43 Å². The molecule has 2 aromatic heterocycles. The molecule has 4 aromatic rings. The SMILES string of the molecule is CCOc1ccc2nc(NC(=O)c3nn(C)c4ccc(C)cc4c3=O)sc2c1. The van der Waals surface area contributed by atoms with E-state index >= 15 is 0 Å². The van der Waals surface area contributed by atoms with E-state index in [1.165, 1.54) is 16.0 Å². The minimum Gasteiger partial charge on any atom is -0.494 e. The number of benzene rings is 2. The Morgan fingerprint density at radius 3 is 2.86 bits per heavy atom. The van der Waals surface area contributed by atoms with Crippen LogP contribution in [0.15, 0.2) is 41.2 Å². The first-order valence-electron chi connectivity index (χ1n) is 8.78. The standard InChI is InChI=1S/C20H18N4O3S/c1-4-27-12-6-7-14-16(10-12)28-20(21-14)22-19(26)17-18(25)13-9-11(2)5-8-15(13)24(3)23-17/h5-10H,4H2,1-3H3,(H,21,22,26). The molecule has 4 rings (SSSR count). The van der Waals surface area contributed by atoms with Gasteiger partial charge in [-0.1, -0.05) is 23.0 Å². The van der Waals surface area contributed by atoms with Crippen LogP contribution in [0.5, 0.6) is 5.75 Å². The van der Waals surface area contributed by atoms with Crippen LogP contribution < -0.4 is 15.5 Å². The molecular formula is C20H18N4O3S. The van der Waals surface area contributed by atoms with E-state index in [9.17, 15) is 9.59 Å². The van der Waals surface area contributed by atoms with Gasteiger partial charge >= 0.3 is 0 Å². The van der Waals surface area contributed by atoms with Crippen LogP contribution in [0.25, 0.3) is 21.1 Å². The Bertz CT molecular complexity index is 1280. The molecule has 0 saturated heterocycles. The first-order chi connectivity index (χ1) is 13.5. The van der Waals surface area contributed by atoms with Crippen molar-refractivity contribution < 1.29 is 9.53 Å². The largest absolute Gasteiger partial charge is 0.494 e. The van der Waals surface area contributed by atoms with Crippen LogP contribution >= 0.6 is 11.3 Å². The lowest BCUT2D eigenvalue weighted by Gasteiger charge is -2.08. The van der Waals surface area contributed by atoms with E-state index in [1.807, 2.05) is 44.2 Å². The monoisotopic (exact) mass is 394 g/mol. The highest BCUT2D eigenvalue weighted by molar-refractivity contribution is 7.22. The Kier molecular flexibility index (Phi) is 4.56. The highest BCUT2D eigenvalue weighted by Crippen LogP contribution is 2.29.